The molecule has 1 amide bonds. The predicted molar refractivity (Wildman–Crippen MR) is 112 cm³/mol. The predicted octanol–water partition coefficient (Wildman–Crippen LogP) is 3.32. The third-order valence-electron chi connectivity index (χ3n) is 6.36. The Morgan fingerprint density at radius 1 is 1.21 bits per heavy atom. The fourth-order valence-electron chi connectivity index (χ4n) is 4.30. The zero-order valence-electron chi connectivity index (χ0n) is 16.4. The molecule has 29 heavy (non-hydrogen) atoms. The van der Waals surface area contributed by atoms with Crippen molar-refractivity contribution in [2.45, 2.75) is 57.0 Å². The quantitative estimate of drug-likeness (QED) is 0.675. The van der Waals surface area contributed by atoms with Gasteiger partial charge in [0, 0.05) is 29.4 Å². The molecule has 0 spiro atoms. The SMILES string of the molecule is C=C1NC(=O)C/C1=C\c1cnn2c(NC3CC3)cc(NC(C3CC3)C3CC3)nc12. The van der Waals surface area contributed by atoms with Crippen molar-refractivity contribution in [1.82, 2.24) is 19.9 Å². The van der Waals surface area contributed by atoms with Crippen LogP contribution >= 0.6 is 0 Å². The van der Waals surface area contributed by atoms with Gasteiger partial charge in [0.2, 0.25) is 5.91 Å². The minimum Gasteiger partial charge on any atom is -0.367 e. The number of nitrogens with one attached hydrogen (secondary N) is 3. The minimum absolute atomic E-state index is 0.0131. The van der Waals surface area contributed by atoms with Gasteiger partial charge in [-0.25, -0.2) is 4.98 Å². The number of amides is 1. The number of hydrogen-bond acceptors (Lipinski definition) is 5. The summed E-state index contributed by atoms with van der Waals surface area (Å²) < 4.78 is 1.88. The van der Waals surface area contributed by atoms with Crippen LogP contribution in [0.4, 0.5) is 11.6 Å². The first-order valence-electron chi connectivity index (χ1n) is 10.8. The molecule has 0 unspecified atom stereocenters. The van der Waals surface area contributed by atoms with Gasteiger partial charge in [0.25, 0.3) is 0 Å². The summed E-state index contributed by atoms with van der Waals surface area (Å²) >= 11 is 0. The number of allylic oxidation sites excluding steroid dienone is 1. The number of anilines is 2. The minimum atomic E-state index is -0.0131. The van der Waals surface area contributed by atoms with E-state index in [9.17, 15) is 4.79 Å². The molecule has 3 heterocycles. The Bertz CT molecular complexity index is 1030. The lowest BCUT2D eigenvalue weighted by Gasteiger charge is -2.19. The van der Waals surface area contributed by atoms with Gasteiger partial charge in [0.1, 0.15) is 11.6 Å². The Hall–Kier alpha value is -2.83. The molecule has 4 fully saturated rings. The van der Waals surface area contributed by atoms with E-state index in [2.05, 4.69) is 33.7 Å². The van der Waals surface area contributed by atoms with Crippen molar-refractivity contribution < 1.29 is 4.79 Å². The maximum absolute atomic E-state index is 11.7. The van der Waals surface area contributed by atoms with Crippen LogP contribution in [0, 0.1) is 11.8 Å². The lowest BCUT2D eigenvalue weighted by Crippen LogP contribution is -2.25. The average Bonchev–Trinajstić information content (AvgIpc) is 3.56. The topological polar surface area (TPSA) is 83.4 Å². The molecule has 3 N–H and O–H groups in total. The van der Waals surface area contributed by atoms with Gasteiger partial charge in [0.05, 0.1) is 12.6 Å². The zero-order chi connectivity index (χ0) is 19.5. The van der Waals surface area contributed by atoms with Crippen molar-refractivity contribution in [2.24, 2.45) is 11.8 Å². The van der Waals surface area contributed by atoms with E-state index in [4.69, 9.17) is 4.98 Å². The first kappa shape index (κ1) is 17.1. The largest absolute Gasteiger partial charge is 0.367 e. The van der Waals surface area contributed by atoms with Crippen LogP contribution in [0.25, 0.3) is 11.7 Å². The molecule has 3 saturated carbocycles. The second kappa shape index (κ2) is 6.34. The number of carbonyl (C=O) groups is 1. The Morgan fingerprint density at radius 3 is 2.59 bits per heavy atom. The fraction of sp³-hybridized carbons (Fsp3) is 0.500. The van der Waals surface area contributed by atoms with E-state index >= 15 is 0 Å². The van der Waals surface area contributed by atoms with Gasteiger partial charge < -0.3 is 16.0 Å². The highest BCUT2D eigenvalue weighted by Gasteiger charge is 2.41. The van der Waals surface area contributed by atoms with Crippen LogP contribution in [0.1, 0.15) is 50.5 Å². The fourth-order valence-corrected chi connectivity index (χ4v) is 4.30. The lowest BCUT2D eigenvalue weighted by molar-refractivity contribution is -0.118. The third-order valence-corrected chi connectivity index (χ3v) is 6.36. The monoisotopic (exact) mass is 390 g/mol. The summed E-state index contributed by atoms with van der Waals surface area (Å²) in [6.07, 6.45) is 11.9. The van der Waals surface area contributed by atoms with Crippen molar-refractivity contribution in [3.05, 3.63) is 35.7 Å². The molecule has 2 aromatic rings. The van der Waals surface area contributed by atoms with E-state index in [1.165, 1.54) is 38.5 Å². The van der Waals surface area contributed by atoms with Crippen LogP contribution in [-0.2, 0) is 4.79 Å². The molecule has 2 aromatic heterocycles. The number of fused-ring (bicyclic) bond motifs is 1. The molecule has 1 saturated heterocycles. The number of hydrogen-bond donors (Lipinski definition) is 3. The van der Waals surface area contributed by atoms with E-state index in [-0.39, 0.29) is 5.91 Å². The lowest BCUT2D eigenvalue weighted by atomic mass is 10.1. The molecule has 0 atom stereocenters. The highest BCUT2D eigenvalue weighted by molar-refractivity contribution is 5.89. The average molecular weight is 390 g/mol. The maximum Gasteiger partial charge on any atom is 0.228 e. The van der Waals surface area contributed by atoms with E-state index in [0.29, 0.717) is 24.2 Å². The number of nitrogens with zero attached hydrogens (tertiary/aromatic N) is 3. The van der Waals surface area contributed by atoms with Gasteiger partial charge in [-0.1, -0.05) is 6.58 Å². The Labute approximate surface area is 169 Å². The van der Waals surface area contributed by atoms with Crippen LogP contribution in [0.5, 0.6) is 0 Å². The molecular formula is C22H26N6O. The first-order chi connectivity index (χ1) is 14.1. The van der Waals surface area contributed by atoms with Crippen molar-refractivity contribution in [3.8, 4) is 0 Å². The summed E-state index contributed by atoms with van der Waals surface area (Å²) in [5.41, 5.74) is 3.29. The zero-order valence-corrected chi connectivity index (χ0v) is 16.4. The second-order valence-corrected chi connectivity index (χ2v) is 9.00. The summed E-state index contributed by atoms with van der Waals surface area (Å²) in [5.74, 6) is 3.48. The van der Waals surface area contributed by atoms with Crippen LogP contribution in [0.3, 0.4) is 0 Å². The molecule has 6 rings (SSSR count). The van der Waals surface area contributed by atoms with Crippen molar-refractivity contribution >= 4 is 29.3 Å². The number of carbonyl (C=O) groups excluding carboxylic acids is 1. The van der Waals surface area contributed by atoms with Crippen LogP contribution < -0.4 is 16.0 Å². The molecule has 0 radical (unpaired) electrons. The Balaban J connectivity index is 1.39. The highest BCUT2D eigenvalue weighted by atomic mass is 16.1. The summed E-state index contributed by atoms with van der Waals surface area (Å²) in [5, 5.41) is 14.7. The van der Waals surface area contributed by atoms with Crippen LogP contribution in [0.15, 0.2) is 30.1 Å². The van der Waals surface area contributed by atoms with Crippen molar-refractivity contribution in [2.75, 3.05) is 10.6 Å². The normalized spacial score (nSPS) is 23.3. The van der Waals surface area contributed by atoms with E-state index in [1.54, 1.807) is 0 Å². The Kier molecular flexibility index (Phi) is 3.73. The van der Waals surface area contributed by atoms with Gasteiger partial charge in [-0.15, -0.1) is 0 Å². The van der Waals surface area contributed by atoms with Crippen LogP contribution in [0.2, 0.25) is 0 Å². The summed E-state index contributed by atoms with van der Waals surface area (Å²) in [6, 6.07) is 3.17. The smallest absolute Gasteiger partial charge is 0.228 e. The first-order valence-corrected chi connectivity index (χ1v) is 10.8. The molecule has 4 aliphatic rings. The van der Waals surface area contributed by atoms with E-state index < -0.39 is 0 Å². The number of rotatable bonds is 7. The van der Waals surface area contributed by atoms with Gasteiger partial charge in [0.15, 0.2) is 5.65 Å². The second-order valence-electron chi connectivity index (χ2n) is 9.00. The summed E-state index contributed by atoms with van der Waals surface area (Å²) in [6.45, 7) is 3.95. The van der Waals surface area contributed by atoms with Crippen LogP contribution in [-0.4, -0.2) is 32.6 Å². The molecule has 3 aliphatic carbocycles. The summed E-state index contributed by atoms with van der Waals surface area (Å²) in [4.78, 5) is 16.6. The molecule has 7 heteroatoms. The summed E-state index contributed by atoms with van der Waals surface area (Å²) in [7, 11) is 0. The standard InChI is InChI=1S/C22H26N6O/c1-12-15(9-20(29)24-12)8-16-11-23-28-19(25-17-6-7-17)10-18(27-22(16)28)26-21(13-2-3-13)14-4-5-14/h8,10-11,13-14,17,21,25H,1-7,9H2,(H,24,29)(H,26,27)/b15-8+. The molecule has 7 nitrogen and oxygen atoms in total. The molecular weight excluding hydrogens is 364 g/mol. The van der Waals surface area contributed by atoms with E-state index in [0.717, 1.165) is 40.3 Å². The van der Waals surface area contributed by atoms with Crippen molar-refractivity contribution in [1.29, 1.82) is 0 Å². The molecule has 1 aliphatic heterocycles. The van der Waals surface area contributed by atoms with Gasteiger partial charge in [-0.3, -0.25) is 4.79 Å². The molecule has 0 aromatic carbocycles. The molecule has 150 valence electrons. The van der Waals surface area contributed by atoms with Gasteiger partial charge >= 0.3 is 0 Å². The Morgan fingerprint density at radius 2 is 1.97 bits per heavy atom. The highest BCUT2D eigenvalue weighted by Crippen LogP contribution is 2.46. The maximum atomic E-state index is 11.7. The number of aromatic nitrogens is 3. The molecule has 0 bridgehead atoms. The van der Waals surface area contributed by atoms with Gasteiger partial charge in [-0.2, -0.15) is 9.61 Å². The van der Waals surface area contributed by atoms with Gasteiger partial charge in [-0.05, 0) is 62.0 Å². The van der Waals surface area contributed by atoms with Crippen molar-refractivity contribution in [3.63, 3.8) is 0 Å². The van der Waals surface area contributed by atoms with E-state index in [1.807, 2.05) is 16.8 Å². The third kappa shape index (κ3) is 3.39.